The number of aromatic nitrogens is 1. The average molecular weight is 296 g/mol. The van der Waals surface area contributed by atoms with Crippen LogP contribution >= 0.6 is 0 Å². The summed E-state index contributed by atoms with van der Waals surface area (Å²) >= 11 is 0. The molecule has 1 aromatic carbocycles. The normalized spacial score (nSPS) is 12.0. The maximum absolute atomic E-state index is 9.18. The molecule has 1 aromatic heterocycles. The fourth-order valence-electron chi connectivity index (χ4n) is 1.89. The largest absolute Gasteiger partial charge is 0.421 e. The first kappa shape index (κ1) is 15.8. The van der Waals surface area contributed by atoms with Crippen molar-refractivity contribution in [3.63, 3.8) is 0 Å². The first-order valence-electron chi connectivity index (χ1n) is 7.25. The van der Waals surface area contributed by atoms with E-state index in [4.69, 9.17) is 4.42 Å². The predicted octanol–water partition coefficient (Wildman–Crippen LogP) is 4.07. The molecule has 1 N–H and O–H groups in total. The minimum absolute atomic E-state index is 0.220. The number of hydrogen-bond acceptors (Lipinski definition) is 5. The van der Waals surface area contributed by atoms with Gasteiger partial charge in [0.25, 0.3) is 5.88 Å². The number of nitrogens with one attached hydrogen (secondary N) is 1. The van der Waals surface area contributed by atoms with Gasteiger partial charge in [-0.05, 0) is 12.0 Å². The fraction of sp³-hybridized carbons (Fsp3) is 0.353. The topological polar surface area (TPSA) is 74.2 Å². The lowest BCUT2D eigenvalue weighted by atomic mass is 9.97. The molecule has 0 spiro atoms. The summed E-state index contributed by atoms with van der Waals surface area (Å²) < 4.78 is 5.65. The molecule has 0 fully saturated rings. The highest BCUT2D eigenvalue weighted by Gasteiger charge is 2.23. The van der Waals surface area contributed by atoms with E-state index in [9.17, 15) is 5.26 Å². The van der Waals surface area contributed by atoms with E-state index in [2.05, 4.69) is 15.5 Å². The van der Waals surface area contributed by atoms with E-state index in [0.717, 1.165) is 17.7 Å². The molecular formula is C17H20N4O. The number of nitriles is 1. The van der Waals surface area contributed by atoms with E-state index in [1.54, 1.807) is 0 Å². The standard InChI is InChI=1S/C17H20N4O/c1-5-13(12-9-7-6-8-10-12)20-21-15-14(11-18)19-16(22-15)17(2,3)4/h6-10,21H,5H2,1-4H3. The van der Waals surface area contributed by atoms with Crippen molar-refractivity contribution in [2.24, 2.45) is 5.10 Å². The van der Waals surface area contributed by atoms with Crippen LogP contribution in [0.25, 0.3) is 0 Å². The quantitative estimate of drug-likeness (QED) is 0.681. The third-order valence-corrected chi connectivity index (χ3v) is 3.11. The Labute approximate surface area is 130 Å². The van der Waals surface area contributed by atoms with E-state index < -0.39 is 0 Å². The number of hydrogen-bond donors (Lipinski definition) is 1. The second kappa shape index (κ2) is 6.44. The van der Waals surface area contributed by atoms with Gasteiger partial charge in [-0.15, -0.1) is 0 Å². The average Bonchev–Trinajstić information content (AvgIpc) is 2.92. The lowest BCUT2D eigenvalue weighted by Gasteiger charge is -2.11. The van der Waals surface area contributed by atoms with Gasteiger partial charge in [0.05, 0.1) is 5.71 Å². The van der Waals surface area contributed by atoms with Crippen LogP contribution in [0.2, 0.25) is 0 Å². The highest BCUT2D eigenvalue weighted by atomic mass is 16.4. The lowest BCUT2D eigenvalue weighted by molar-refractivity contribution is 0.399. The molecule has 0 radical (unpaired) electrons. The Bertz CT molecular complexity index is 702. The van der Waals surface area contributed by atoms with Crippen molar-refractivity contribution in [2.75, 3.05) is 5.43 Å². The van der Waals surface area contributed by atoms with E-state index in [-0.39, 0.29) is 17.0 Å². The van der Waals surface area contributed by atoms with E-state index in [1.807, 2.05) is 64.1 Å². The summed E-state index contributed by atoms with van der Waals surface area (Å²) in [6.07, 6.45) is 0.763. The minimum Gasteiger partial charge on any atom is -0.421 e. The molecule has 0 saturated heterocycles. The van der Waals surface area contributed by atoms with Gasteiger partial charge in [-0.1, -0.05) is 58.0 Å². The van der Waals surface area contributed by atoms with Gasteiger partial charge in [0, 0.05) is 5.41 Å². The Morgan fingerprint density at radius 3 is 2.55 bits per heavy atom. The van der Waals surface area contributed by atoms with Gasteiger partial charge in [-0.25, -0.2) is 5.43 Å². The molecule has 0 saturated carbocycles. The minimum atomic E-state index is -0.262. The maximum Gasteiger partial charge on any atom is 0.252 e. The number of benzene rings is 1. The van der Waals surface area contributed by atoms with Gasteiger partial charge in [-0.2, -0.15) is 15.3 Å². The van der Waals surface area contributed by atoms with E-state index >= 15 is 0 Å². The highest BCUT2D eigenvalue weighted by Crippen LogP contribution is 2.26. The van der Waals surface area contributed by atoms with Crippen LogP contribution in [0.5, 0.6) is 0 Å². The second-order valence-electron chi connectivity index (χ2n) is 5.95. The highest BCUT2D eigenvalue weighted by molar-refractivity contribution is 6.00. The maximum atomic E-state index is 9.18. The summed E-state index contributed by atoms with van der Waals surface area (Å²) in [4.78, 5) is 4.22. The molecule has 0 atom stereocenters. The molecule has 2 rings (SSSR count). The molecule has 0 bridgehead atoms. The zero-order valence-electron chi connectivity index (χ0n) is 13.3. The first-order valence-corrected chi connectivity index (χ1v) is 7.25. The van der Waals surface area contributed by atoms with Crippen LogP contribution in [0, 0.1) is 11.3 Å². The van der Waals surface area contributed by atoms with Gasteiger partial charge in [0.15, 0.2) is 0 Å². The molecule has 114 valence electrons. The van der Waals surface area contributed by atoms with Gasteiger partial charge < -0.3 is 4.42 Å². The summed E-state index contributed by atoms with van der Waals surface area (Å²) in [5.41, 5.74) is 4.72. The molecule has 5 nitrogen and oxygen atoms in total. The Kier molecular flexibility index (Phi) is 4.62. The molecular weight excluding hydrogens is 276 g/mol. The summed E-state index contributed by atoms with van der Waals surface area (Å²) in [5.74, 6) is 0.800. The number of oxazole rings is 1. The number of hydrazone groups is 1. The molecule has 0 aliphatic carbocycles. The Hall–Kier alpha value is -2.61. The zero-order chi connectivity index (χ0) is 16.2. The Morgan fingerprint density at radius 2 is 2.00 bits per heavy atom. The SMILES string of the molecule is CCC(=NNc1oc(C(C)(C)C)nc1C#N)c1ccccc1. The van der Waals surface area contributed by atoms with Crippen LogP contribution < -0.4 is 5.43 Å². The summed E-state index contributed by atoms with van der Waals surface area (Å²) in [5, 5.41) is 13.5. The monoisotopic (exact) mass is 296 g/mol. The molecule has 0 aliphatic heterocycles. The summed E-state index contributed by atoms with van der Waals surface area (Å²) in [7, 11) is 0. The summed E-state index contributed by atoms with van der Waals surface area (Å²) in [6, 6.07) is 11.9. The van der Waals surface area contributed by atoms with Crippen molar-refractivity contribution in [1.82, 2.24) is 4.98 Å². The zero-order valence-corrected chi connectivity index (χ0v) is 13.3. The lowest BCUT2D eigenvalue weighted by Crippen LogP contribution is -2.11. The van der Waals surface area contributed by atoms with Gasteiger partial charge in [0.1, 0.15) is 6.07 Å². The first-order chi connectivity index (χ1) is 10.5. The van der Waals surface area contributed by atoms with Crippen LogP contribution in [0.4, 0.5) is 5.88 Å². The van der Waals surface area contributed by atoms with Crippen molar-refractivity contribution < 1.29 is 4.42 Å². The van der Waals surface area contributed by atoms with E-state index in [1.165, 1.54) is 0 Å². The van der Waals surface area contributed by atoms with Crippen molar-refractivity contribution >= 4 is 11.6 Å². The van der Waals surface area contributed by atoms with Crippen LogP contribution in [0.3, 0.4) is 0 Å². The molecule has 0 unspecified atom stereocenters. The molecule has 2 aromatic rings. The molecule has 22 heavy (non-hydrogen) atoms. The summed E-state index contributed by atoms with van der Waals surface area (Å²) in [6.45, 7) is 7.97. The molecule has 1 heterocycles. The Balaban J connectivity index is 2.29. The van der Waals surface area contributed by atoms with E-state index in [0.29, 0.717) is 5.89 Å². The smallest absolute Gasteiger partial charge is 0.252 e. The molecule has 0 amide bonds. The van der Waals surface area contributed by atoms with Gasteiger partial charge >= 0.3 is 0 Å². The third kappa shape index (κ3) is 3.53. The van der Waals surface area contributed by atoms with Crippen LogP contribution in [0.1, 0.15) is 51.3 Å². The Morgan fingerprint density at radius 1 is 1.32 bits per heavy atom. The number of nitrogens with zero attached hydrogens (tertiary/aromatic N) is 3. The van der Waals surface area contributed by atoms with Gasteiger partial charge in [-0.3, -0.25) is 0 Å². The van der Waals surface area contributed by atoms with Crippen LogP contribution in [-0.2, 0) is 5.41 Å². The van der Waals surface area contributed by atoms with Crippen molar-refractivity contribution in [3.05, 3.63) is 47.5 Å². The number of anilines is 1. The molecule has 5 heteroatoms. The number of rotatable bonds is 4. The van der Waals surface area contributed by atoms with Crippen LogP contribution in [-0.4, -0.2) is 10.7 Å². The van der Waals surface area contributed by atoms with Crippen LogP contribution in [0.15, 0.2) is 39.9 Å². The van der Waals surface area contributed by atoms with Gasteiger partial charge in [0.2, 0.25) is 11.6 Å². The second-order valence-corrected chi connectivity index (χ2v) is 5.95. The fourth-order valence-corrected chi connectivity index (χ4v) is 1.89. The van der Waals surface area contributed by atoms with Crippen molar-refractivity contribution in [1.29, 1.82) is 5.26 Å². The third-order valence-electron chi connectivity index (χ3n) is 3.11. The van der Waals surface area contributed by atoms with Crippen molar-refractivity contribution in [2.45, 2.75) is 39.5 Å². The molecule has 0 aliphatic rings. The van der Waals surface area contributed by atoms with Crippen molar-refractivity contribution in [3.8, 4) is 6.07 Å². The predicted molar refractivity (Wildman–Crippen MR) is 86.8 cm³/mol.